The molecule has 2 N–H and O–H groups in total. The average Bonchev–Trinajstić information content (AvgIpc) is 2.59. The molecule has 132 valence electrons. The molecule has 0 aliphatic rings. The average molecular weight is 340 g/mol. The number of hydrogen-bond acceptors (Lipinski definition) is 3. The molecule has 25 heavy (non-hydrogen) atoms. The number of esters is 1. The number of rotatable bonds is 6. The zero-order chi connectivity index (χ0) is 18.2. The summed E-state index contributed by atoms with van der Waals surface area (Å²) in [6.07, 6.45) is 1.83. The molecule has 0 radical (unpaired) electrons. The van der Waals surface area contributed by atoms with Crippen molar-refractivity contribution in [2.24, 2.45) is 0 Å². The van der Waals surface area contributed by atoms with Crippen molar-refractivity contribution in [3.63, 3.8) is 0 Å². The van der Waals surface area contributed by atoms with Crippen LogP contribution in [0.4, 0.5) is 16.2 Å². The van der Waals surface area contributed by atoms with Crippen LogP contribution in [0.1, 0.15) is 41.3 Å². The summed E-state index contributed by atoms with van der Waals surface area (Å²) in [5.41, 5.74) is 3.88. The number of urea groups is 1. The number of amides is 2. The van der Waals surface area contributed by atoms with Gasteiger partial charge in [0.2, 0.25) is 0 Å². The highest BCUT2D eigenvalue weighted by Crippen LogP contribution is 2.20. The van der Waals surface area contributed by atoms with E-state index < -0.39 is 0 Å². The van der Waals surface area contributed by atoms with Crippen LogP contribution in [0, 0.1) is 13.8 Å². The molecule has 2 rings (SSSR count). The number of para-hydroxylation sites is 1. The van der Waals surface area contributed by atoms with Gasteiger partial charge in [-0.05, 0) is 55.7 Å². The van der Waals surface area contributed by atoms with Crippen molar-refractivity contribution in [1.29, 1.82) is 0 Å². The van der Waals surface area contributed by atoms with Crippen molar-refractivity contribution in [2.45, 2.75) is 33.6 Å². The topological polar surface area (TPSA) is 67.4 Å². The Morgan fingerprint density at radius 1 is 0.960 bits per heavy atom. The van der Waals surface area contributed by atoms with Gasteiger partial charge in [-0.3, -0.25) is 0 Å². The van der Waals surface area contributed by atoms with Gasteiger partial charge in [0.1, 0.15) is 0 Å². The first-order valence-corrected chi connectivity index (χ1v) is 8.42. The van der Waals surface area contributed by atoms with Gasteiger partial charge in [-0.1, -0.05) is 31.5 Å². The Morgan fingerprint density at radius 2 is 1.60 bits per heavy atom. The Labute approximate surface area is 148 Å². The van der Waals surface area contributed by atoms with E-state index in [1.54, 1.807) is 24.3 Å². The van der Waals surface area contributed by atoms with Crippen molar-refractivity contribution >= 4 is 23.4 Å². The number of carbonyl (C=O) groups excluding carboxylic acids is 2. The molecule has 5 heteroatoms. The molecule has 0 fully saturated rings. The first-order chi connectivity index (χ1) is 12.0. The Hall–Kier alpha value is -2.82. The number of nitrogens with one attached hydrogen (secondary N) is 2. The number of hydrogen-bond donors (Lipinski definition) is 2. The molecular weight excluding hydrogens is 316 g/mol. The second-order valence-electron chi connectivity index (χ2n) is 5.91. The molecule has 0 unspecified atom stereocenters. The van der Waals surface area contributed by atoms with Crippen molar-refractivity contribution in [3.05, 3.63) is 59.2 Å². The summed E-state index contributed by atoms with van der Waals surface area (Å²) in [5, 5.41) is 5.62. The fourth-order valence-corrected chi connectivity index (χ4v) is 2.37. The lowest BCUT2D eigenvalue weighted by molar-refractivity contribution is 0.0500. The second-order valence-corrected chi connectivity index (χ2v) is 5.91. The summed E-state index contributed by atoms with van der Waals surface area (Å²) in [5.74, 6) is -0.347. The zero-order valence-corrected chi connectivity index (χ0v) is 14.9. The minimum Gasteiger partial charge on any atom is -0.462 e. The third kappa shape index (κ3) is 5.35. The predicted octanol–water partition coefficient (Wildman–Crippen LogP) is 4.90. The van der Waals surface area contributed by atoms with Crippen LogP contribution in [-0.4, -0.2) is 18.6 Å². The molecule has 0 aliphatic heterocycles. The molecule has 0 saturated carbocycles. The van der Waals surface area contributed by atoms with Gasteiger partial charge in [0.25, 0.3) is 0 Å². The Morgan fingerprint density at radius 3 is 2.20 bits per heavy atom. The van der Waals surface area contributed by atoms with Crippen molar-refractivity contribution in [3.8, 4) is 0 Å². The molecule has 0 aromatic heterocycles. The van der Waals surface area contributed by atoms with Gasteiger partial charge in [-0.25, -0.2) is 9.59 Å². The van der Waals surface area contributed by atoms with E-state index in [1.807, 2.05) is 39.0 Å². The first kappa shape index (κ1) is 18.5. The molecule has 0 atom stereocenters. The van der Waals surface area contributed by atoms with Gasteiger partial charge in [-0.15, -0.1) is 0 Å². The summed E-state index contributed by atoms with van der Waals surface area (Å²) >= 11 is 0. The minimum absolute atomic E-state index is 0.323. The fraction of sp³-hybridized carbons (Fsp3) is 0.300. The van der Waals surface area contributed by atoms with Crippen LogP contribution < -0.4 is 10.6 Å². The van der Waals surface area contributed by atoms with Gasteiger partial charge in [0.15, 0.2) is 0 Å². The van der Waals surface area contributed by atoms with Crippen LogP contribution in [0.25, 0.3) is 0 Å². The van der Waals surface area contributed by atoms with Crippen LogP contribution in [0.15, 0.2) is 42.5 Å². The van der Waals surface area contributed by atoms with Crippen molar-refractivity contribution in [2.75, 3.05) is 17.2 Å². The molecule has 2 aromatic carbocycles. The van der Waals surface area contributed by atoms with Crippen molar-refractivity contribution in [1.82, 2.24) is 0 Å². The van der Waals surface area contributed by atoms with E-state index in [-0.39, 0.29) is 12.0 Å². The fourth-order valence-electron chi connectivity index (χ4n) is 2.37. The maximum absolute atomic E-state index is 12.2. The third-order valence-corrected chi connectivity index (χ3v) is 3.83. The number of ether oxygens (including phenoxy) is 1. The number of unbranched alkanes of at least 4 members (excludes halogenated alkanes) is 1. The lowest BCUT2D eigenvalue weighted by Crippen LogP contribution is -2.20. The molecule has 2 amide bonds. The number of benzene rings is 2. The quantitative estimate of drug-likeness (QED) is 0.580. The van der Waals surface area contributed by atoms with Crippen LogP contribution in [0.2, 0.25) is 0 Å². The Bertz CT molecular complexity index is 719. The second kappa shape index (κ2) is 8.87. The van der Waals surface area contributed by atoms with Gasteiger partial charge in [0, 0.05) is 11.4 Å². The van der Waals surface area contributed by atoms with Gasteiger partial charge >= 0.3 is 12.0 Å². The first-order valence-electron chi connectivity index (χ1n) is 8.42. The van der Waals surface area contributed by atoms with Crippen LogP contribution in [0.3, 0.4) is 0 Å². The smallest absolute Gasteiger partial charge is 0.338 e. The SMILES string of the molecule is CCCCOC(=O)c1ccc(NC(=O)Nc2c(C)cccc2C)cc1. The summed E-state index contributed by atoms with van der Waals surface area (Å²) in [6.45, 7) is 6.36. The van der Waals surface area contributed by atoms with Gasteiger partial charge in [-0.2, -0.15) is 0 Å². The summed E-state index contributed by atoms with van der Waals surface area (Å²) in [4.78, 5) is 24.0. The monoisotopic (exact) mass is 340 g/mol. The summed E-state index contributed by atoms with van der Waals surface area (Å²) < 4.78 is 5.16. The van der Waals surface area contributed by atoms with E-state index in [2.05, 4.69) is 10.6 Å². The molecule has 0 bridgehead atoms. The lowest BCUT2D eigenvalue weighted by atomic mass is 10.1. The Balaban J connectivity index is 1.94. The van der Waals surface area contributed by atoms with Crippen LogP contribution >= 0.6 is 0 Å². The minimum atomic E-state index is -0.347. The highest BCUT2D eigenvalue weighted by Gasteiger charge is 2.09. The standard InChI is InChI=1S/C20H24N2O3/c1-4-5-13-25-19(23)16-9-11-17(12-10-16)21-20(24)22-18-14(2)7-6-8-15(18)3/h6-12H,4-5,13H2,1-3H3,(H2,21,22,24). The van der Waals surface area contributed by atoms with Gasteiger partial charge < -0.3 is 15.4 Å². The highest BCUT2D eigenvalue weighted by atomic mass is 16.5. The zero-order valence-electron chi connectivity index (χ0n) is 14.9. The largest absolute Gasteiger partial charge is 0.462 e. The molecule has 0 heterocycles. The molecular formula is C20H24N2O3. The van der Waals surface area contributed by atoms with Crippen LogP contribution in [-0.2, 0) is 4.74 Å². The number of anilines is 2. The molecule has 0 aliphatic carbocycles. The lowest BCUT2D eigenvalue weighted by Gasteiger charge is -2.12. The normalized spacial score (nSPS) is 10.2. The summed E-state index contributed by atoms with van der Waals surface area (Å²) in [6, 6.07) is 12.2. The maximum Gasteiger partial charge on any atom is 0.338 e. The van der Waals surface area contributed by atoms with Crippen molar-refractivity contribution < 1.29 is 14.3 Å². The maximum atomic E-state index is 12.2. The number of carbonyl (C=O) groups is 2. The molecule has 5 nitrogen and oxygen atoms in total. The molecule has 0 spiro atoms. The molecule has 2 aromatic rings. The van der Waals surface area contributed by atoms with E-state index in [9.17, 15) is 9.59 Å². The van der Waals surface area contributed by atoms with Gasteiger partial charge in [0.05, 0.1) is 12.2 Å². The molecule has 0 saturated heterocycles. The Kier molecular flexibility index (Phi) is 6.57. The van der Waals surface area contributed by atoms with E-state index in [0.717, 1.165) is 29.7 Å². The van der Waals surface area contributed by atoms with Crippen LogP contribution in [0.5, 0.6) is 0 Å². The van der Waals surface area contributed by atoms with E-state index >= 15 is 0 Å². The predicted molar refractivity (Wildman–Crippen MR) is 100 cm³/mol. The van der Waals surface area contributed by atoms with E-state index in [1.165, 1.54) is 0 Å². The van der Waals surface area contributed by atoms with E-state index in [0.29, 0.717) is 17.9 Å². The highest BCUT2D eigenvalue weighted by molar-refractivity contribution is 6.01. The van der Waals surface area contributed by atoms with E-state index in [4.69, 9.17) is 4.74 Å². The number of aryl methyl sites for hydroxylation is 2. The summed E-state index contributed by atoms with van der Waals surface area (Å²) in [7, 11) is 0. The third-order valence-electron chi connectivity index (χ3n) is 3.83.